The van der Waals surface area contributed by atoms with Gasteiger partial charge in [0.25, 0.3) is 5.56 Å². The fourth-order valence-corrected chi connectivity index (χ4v) is 3.30. The number of rotatable bonds is 5. The molecule has 0 spiro atoms. The fraction of sp³-hybridized carbons (Fsp3) is 0.471. The van der Waals surface area contributed by atoms with Gasteiger partial charge in [0, 0.05) is 39.2 Å². The lowest BCUT2D eigenvalue weighted by atomic mass is 10.0. The van der Waals surface area contributed by atoms with E-state index in [1.54, 1.807) is 30.1 Å². The van der Waals surface area contributed by atoms with Crippen LogP contribution in [0.15, 0.2) is 41.6 Å². The molecule has 1 aliphatic rings. The Hall–Kier alpha value is -2.41. The second-order valence-corrected chi connectivity index (χ2v) is 6.11. The van der Waals surface area contributed by atoms with Gasteiger partial charge in [-0.15, -0.1) is 0 Å². The number of hydrogen-bond acceptors (Lipinski definition) is 4. The minimum atomic E-state index is -0.169. The summed E-state index contributed by atoms with van der Waals surface area (Å²) in [5.74, 6) is -0.0586. The highest BCUT2D eigenvalue weighted by Crippen LogP contribution is 2.24. The maximum absolute atomic E-state index is 12.7. The molecule has 7 nitrogen and oxygen atoms in total. The van der Waals surface area contributed by atoms with E-state index in [0.29, 0.717) is 13.0 Å². The van der Waals surface area contributed by atoms with Crippen molar-refractivity contribution in [1.82, 2.24) is 19.2 Å². The Morgan fingerprint density at radius 2 is 2.25 bits per heavy atom. The monoisotopic (exact) mass is 330 g/mol. The molecule has 3 rings (SSSR count). The lowest BCUT2D eigenvalue weighted by Gasteiger charge is -2.27. The van der Waals surface area contributed by atoms with Crippen molar-refractivity contribution in [1.29, 1.82) is 0 Å². The van der Waals surface area contributed by atoms with Gasteiger partial charge in [-0.3, -0.25) is 14.3 Å². The normalized spacial score (nSPS) is 20.5. The number of nitrogens with zero attached hydrogens (tertiary/aromatic N) is 4. The molecule has 24 heavy (non-hydrogen) atoms. The van der Waals surface area contributed by atoms with Crippen molar-refractivity contribution in [3.63, 3.8) is 0 Å². The van der Waals surface area contributed by atoms with Gasteiger partial charge < -0.3 is 14.2 Å². The van der Waals surface area contributed by atoms with E-state index in [1.165, 1.54) is 10.6 Å². The molecule has 3 heterocycles. The van der Waals surface area contributed by atoms with Crippen LogP contribution in [0.25, 0.3) is 0 Å². The van der Waals surface area contributed by atoms with Crippen LogP contribution in [0, 0.1) is 0 Å². The van der Waals surface area contributed by atoms with Gasteiger partial charge in [-0.05, 0) is 24.5 Å². The summed E-state index contributed by atoms with van der Waals surface area (Å²) < 4.78 is 8.75. The zero-order chi connectivity index (χ0) is 17.1. The minimum absolute atomic E-state index is 0.00153. The van der Waals surface area contributed by atoms with Crippen molar-refractivity contribution in [2.24, 2.45) is 7.05 Å². The van der Waals surface area contributed by atoms with E-state index in [0.717, 1.165) is 12.0 Å². The highest BCUT2D eigenvalue weighted by Gasteiger charge is 2.37. The number of pyridine rings is 1. The molecule has 0 saturated carbocycles. The number of aromatic nitrogens is 3. The summed E-state index contributed by atoms with van der Waals surface area (Å²) in [4.78, 5) is 26.4. The lowest BCUT2D eigenvalue weighted by molar-refractivity contribution is -0.133. The van der Waals surface area contributed by atoms with Crippen molar-refractivity contribution >= 4 is 5.91 Å². The zero-order valence-corrected chi connectivity index (χ0v) is 14.0. The molecule has 2 atom stereocenters. The molecule has 0 aromatic carbocycles. The molecule has 128 valence electrons. The molecule has 0 aliphatic carbocycles. The standard InChI is InChI=1S/C17H22N4O3/c1-19-11-13(10-18-19)9-14-15(24-2)6-8-21(14)17(23)12-20-7-4-3-5-16(20)22/h3-5,7,10-11,14-15H,6,8-9,12H2,1-2H3/t14-,15-/m0/s1. The number of methoxy groups -OCH3 is 1. The Balaban J connectivity index is 1.76. The second kappa shape index (κ2) is 7.00. The Morgan fingerprint density at radius 3 is 2.92 bits per heavy atom. The van der Waals surface area contributed by atoms with Crippen molar-refractivity contribution < 1.29 is 9.53 Å². The molecule has 0 bridgehead atoms. The number of amides is 1. The molecule has 0 N–H and O–H groups in total. The first-order chi connectivity index (χ1) is 11.6. The third kappa shape index (κ3) is 3.41. The number of carbonyl (C=O) groups is 1. The van der Waals surface area contributed by atoms with Crippen LogP contribution in [0.4, 0.5) is 0 Å². The van der Waals surface area contributed by atoms with Gasteiger partial charge in [0.15, 0.2) is 0 Å². The summed E-state index contributed by atoms with van der Waals surface area (Å²) in [5, 5.41) is 4.19. The predicted molar refractivity (Wildman–Crippen MR) is 88.5 cm³/mol. The fourth-order valence-electron chi connectivity index (χ4n) is 3.30. The average molecular weight is 330 g/mol. The molecule has 1 aliphatic heterocycles. The predicted octanol–water partition coefficient (Wildman–Crippen LogP) is 0.440. The molecule has 0 unspecified atom stereocenters. The van der Waals surface area contributed by atoms with Gasteiger partial charge in [0.2, 0.25) is 5.91 Å². The Labute approximate surface area is 140 Å². The smallest absolute Gasteiger partial charge is 0.250 e. The molecule has 1 saturated heterocycles. The average Bonchev–Trinajstić information content (AvgIpc) is 3.16. The number of carbonyl (C=O) groups excluding carboxylic acids is 1. The molecular weight excluding hydrogens is 308 g/mol. The zero-order valence-electron chi connectivity index (χ0n) is 14.0. The molecule has 1 amide bonds. The van der Waals surface area contributed by atoms with Crippen LogP contribution in [0.5, 0.6) is 0 Å². The van der Waals surface area contributed by atoms with E-state index in [1.807, 2.05) is 24.3 Å². The van der Waals surface area contributed by atoms with Crippen LogP contribution in [0.1, 0.15) is 12.0 Å². The maximum Gasteiger partial charge on any atom is 0.250 e. The first kappa shape index (κ1) is 16.4. The first-order valence-corrected chi connectivity index (χ1v) is 8.03. The number of aryl methyl sites for hydroxylation is 1. The van der Waals surface area contributed by atoms with E-state index in [2.05, 4.69) is 5.10 Å². The van der Waals surface area contributed by atoms with Crippen LogP contribution in [0.3, 0.4) is 0 Å². The van der Waals surface area contributed by atoms with E-state index < -0.39 is 0 Å². The Kier molecular flexibility index (Phi) is 4.80. The van der Waals surface area contributed by atoms with Crippen LogP contribution in [0.2, 0.25) is 0 Å². The van der Waals surface area contributed by atoms with Crippen molar-refractivity contribution in [3.8, 4) is 0 Å². The van der Waals surface area contributed by atoms with E-state index in [4.69, 9.17) is 4.74 Å². The topological polar surface area (TPSA) is 69.4 Å². The lowest BCUT2D eigenvalue weighted by Crippen LogP contribution is -2.43. The maximum atomic E-state index is 12.7. The van der Waals surface area contributed by atoms with Crippen molar-refractivity contribution in [3.05, 3.63) is 52.7 Å². The summed E-state index contributed by atoms with van der Waals surface area (Å²) in [5.41, 5.74) is 0.901. The first-order valence-electron chi connectivity index (χ1n) is 8.03. The van der Waals surface area contributed by atoms with Gasteiger partial charge >= 0.3 is 0 Å². The Bertz CT molecular complexity index is 767. The summed E-state index contributed by atoms with van der Waals surface area (Å²) in [6, 6.07) is 4.85. The van der Waals surface area contributed by atoms with Gasteiger partial charge in [0.05, 0.1) is 18.3 Å². The summed E-state index contributed by atoms with van der Waals surface area (Å²) >= 11 is 0. The summed E-state index contributed by atoms with van der Waals surface area (Å²) in [6.07, 6.45) is 6.91. The number of hydrogen-bond donors (Lipinski definition) is 0. The highest BCUT2D eigenvalue weighted by molar-refractivity contribution is 5.76. The molecule has 2 aromatic rings. The Morgan fingerprint density at radius 1 is 1.42 bits per heavy atom. The molecule has 2 aromatic heterocycles. The number of ether oxygens (including phenoxy) is 1. The SMILES string of the molecule is CO[C@H]1CCN(C(=O)Cn2ccccc2=O)[C@H]1Cc1cnn(C)c1. The minimum Gasteiger partial charge on any atom is -0.379 e. The number of likely N-dealkylation sites (tertiary alicyclic amines) is 1. The van der Waals surface area contributed by atoms with Crippen LogP contribution >= 0.6 is 0 Å². The highest BCUT2D eigenvalue weighted by atomic mass is 16.5. The van der Waals surface area contributed by atoms with E-state index >= 15 is 0 Å². The van der Waals surface area contributed by atoms with E-state index in [-0.39, 0.29) is 30.2 Å². The molecule has 0 radical (unpaired) electrons. The summed E-state index contributed by atoms with van der Waals surface area (Å²) in [6.45, 7) is 0.698. The van der Waals surface area contributed by atoms with Crippen molar-refractivity contribution in [2.75, 3.05) is 13.7 Å². The van der Waals surface area contributed by atoms with Gasteiger partial charge in [-0.1, -0.05) is 6.07 Å². The second-order valence-electron chi connectivity index (χ2n) is 6.11. The van der Waals surface area contributed by atoms with Gasteiger partial charge in [-0.25, -0.2) is 0 Å². The van der Waals surface area contributed by atoms with Crippen LogP contribution in [-0.4, -0.2) is 51.0 Å². The van der Waals surface area contributed by atoms with Gasteiger partial charge in [0.1, 0.15) is 6.54 Å². The van der Waals surface area contributed by atoms with Crippen LogP contribution < -0.4 is 5.56 Å². The summed E-state index contributed by atoms with van der Waals surface area (Å²) in [7, 11) is 3.55. The van der Waals surface area contributed by atoms with Gasteiger partial charge in [-0.2, -0.15) is 5.10 Å². The third-order valence-electron chi connectivity index (χ3n) is 4.51. The van der Waals surface area contributed by atoms with Crippen molar-refractivity contribution in [2.45, 2.75) is 31.5 Å². The molecular formula is C17H22N4O3. The largest absolute Gasteiger partial charge is 0.379 e. The third-order valence-corrected chi connectivity index (χ3v) is 4.51. The van der Waals surface area contributed by atoms with E-state index in [9.17, 15) is 9.59 Å². The van der Waals surface area contributed by atoms with Crippen LogP contribution in [-0.2, 0) is 29.5 Å². The molecule has 7 heteroatoms. The molecule has 1 fully saturated rings. The quantitative estimate of drug-likeness (QED) is 0.798.